The van der Waals surface area contributed by atoms with Crippen molar-refractivity contribution in [2.45, 2.75) is 25.1 Å². The molecule has 4 nitrogen and oxygen atoms in total. The molecule has 2 N–H and O–H groups in total. The van der Waals surface area contributed by atoms with Crippen LogP contribution < -0.4 is 15.4 Å². The van der Waals surface area contributed by atoms with Crippen LogP contribution in [0, 0.1) is 5.92 Å². The molecule has 0 radical (unpaired) electrons. The molecule has 2 amide bonds. The van der Waals surface area contributed by atoms with Crippen LogP contribution >= 0.6 is 0 Å². The number of urea groups is 1. The first-order valence-electron chi connectivity index (χ1n) is 6.65. The predicted octanol–water partition coefficient (Wildman–Crippen LogP) is 3.01. The monoisotopic (exact) mass is 302 g/mol. The van der Waals surface area contributed by atoms with Gasteiger partial charge in [0, 0.05) is 6.54 Å². The number of methoxy groups -OCH3 is 1. The molecule has 1 aliphatic rings. The molecule has 1 aromatic rings. The van der Waals surface area contributed by atoms with E-state index in [1.165, 1.54) is 31.4 Å². The molecule has 2 rings (SSSR count). The molecule has 0 aromatic heterocycles. The minimum absolute atomic E-state index is 0.0372. The van der Waals surface area contributed by atoms with Gasteiger partial charge in [-0.2, -0.15) is 13.2 Å². The van der Waals surface area contributed by atoms with Crippen LogP contribution in [0.3, 0.4) is 0 Å². The number of rotatable bonds is 5. The van der Waals surface area contributed by atoms with Gasteiger partial charge >= 0.3 is 12.2 Å². The number of hydrogen-bond donors (Lipinski definition) is 2. The van der Waals surface area contributed by atoms with Crippen molar-refractivity contribution < 1.29 is 22.7 Å². The fourth-order valence-electron chi connectivity index (χ4n) is 1.89. The lowest BCUT2D eigenvalue weighted by atomic mass is 10.1. The first kappa shape index (κ1) is 15.5. The summed E-state index contributed by atoms with van der Waals surface area (Å²) in [5.74, 6) is 0.860. The Morgan fingerprint density at radius 3 is 2.43 bits per heavy atom. The number of halogens is 3. The zero-order valence-corrected chi connectivity index (χ0v) is 11.5. The van der Waals surface area contributed by atoms with Crippen LogP contribution in [0.1, 0.15) is 24.4 Å². The van der Waals surface area contributed by atoms with Crippen molar-refractivity contribution in [3.8, 4) is 5.75 Å². The van der Waals surface area contributed by atoms with E-state index in [-0.39, 0.29) is 5.56 Å². The van der Waals surface area contributed by atoms with Gasteiger partial charge in [-0.3, -0.25) is 0 Å². The van der Waals surface area contributed by atoms with Gasteiger partial charge in [-0.1, -0.05) is 12.1 Å². The summed E-state index contributed by atoms with van der Waals surface area (Å²) in [6.45, 7) is 0.416. The van der Waals surface area contributed by atoms with E-state index in [0.717, 1.165) is 12.8 Å². The van der Waals surface area contributed by atoms with Crippen molar-refractivity contribution in [1.82, 2.24) is 10.6 Å². The van der Waals surface area contributed by atoms with Gasteiger partial charge in [0.1, 0.15) is 5.75 Å². The highest BCUT2D eigenvalue weighted by Crippen LogP contribution is 2.33. The maximum absolute atomic E-state index is 13.1. The zero-order chi connectivity index (χ0) is 15.5. The third kappa shape index (κ3) is 4.54. The Balaban J connectivity index is 2.03. The Morgan fingerprint density at radius 1 is 1.33 bits per heavy atom. The molecule has 1 saturated carbocycles. The smallest absolute Gasteiger partial charge is 0.412 e. The summed E-state index contributed by atoms with van der Waals surface area (Å²) in [5.41, 5.74) is -0.0372. The number of nitrogens with one attached hydrogen (secondary N) is 2. The van der Waals surface area contributed by atoms with E-state index in [0.29, 0.717) is 18.2 Å². The average Bonchev–Trinajstić information content (AvgIpc) is 3.26. The second kappa shape index (κ2) is 6.24. The Kier molecular flexibility index (Phi) is 4.59. The standard InChI is InChI=1S/C14H17F3N2O2/c1-21-11-6-4-10(5-7-11)12(14(15,16)17)19-13(20)18-8-9-2-3-9/h4-7,9,12H,2-3,8H2,1H3,(H2,18,19,20). The molecule has 1 atom stereocenters. The summed E-state index contributed by atoms with van der Waals surface area (Å²) in [6, 6.07) is 2.59. The van der Waals surface area contributed by atoms with Crippen molar-refractivity contribution in [1.29, 1.82) is 0 Å². The molecule has 21 heavy (non-hydrogen) atoms. The topological polar surface area (TPSA) is 50.4 Å². The van der Waals surface area contributed by atoms with E-state index >= 15 is 0 Å². The van der Waals surface area contributed by atoms with Gasteiger partial charge in [-0.15, -0.1) is 0 Å². The molecule has 0 spiro atoms. The van der Waals surface area contributed by atoms with E-state index in [4.69, 9.17) is 4.74 Å². The van der Waals surface area contributed by atoms with Crippen molar-refractivity contribution in [3.05, 3.63) is 29.8 Å². The molecule has 7 heteroatoms. The van der Waals surface area contributed by atoms with Gasteiger partial charge in [0.15, 0.2) is 6.04 Å². The highest BCUT2D eigenvalue weighted by atomic mass is 19.4. The molecule has 0 heterocycles. The van der Waals surface area contributed by atoms with E-state index < -0.39 is 18.2 Å². The molecule has 0 saturated heterocycles. The minimum Gasteiger partial charge on any atom is -0.497 e. The number of amides is 2. The first-order chi connectivity index (χ1) is 9.90. The lowest BCUT2D eigenvalue weighted by Crippen LogP contribution is -2.44. The zero-order valence-electron chi connectivity index (χ0n) is 11.5. The molecule has 116 valence electrons. The highest BCUT2D eigenvalue weighted by Gasteiger charge is 2.42. The lowest BCUT2D eigenvalue weighted by molar-refractivity contribution is -0.154. The van der Waals surface area contributed by atoms with E-state index in [1.807, 2.05) is 5.32 Å². The van der Waals surface area contributed by atoms with Crippen LogP contribution in [0.15, 0.2) is 24.3 Å². The molecule has 1 aromatic carbocycles. The van der Waals surface area contributed by atoms with E-state index in [1.54, 1.807) is 0 Å². The quantitative estimate of drug-likeness (QED) is 0.878. The summed E-state index contributed by atoms with van der Waals surface area (Å²) < 4.78 is 44.2. The average molecular weight is 302 g/mol. The van der Waals surface area contributed by atoms with Crippen LogP contribution in [-0.2, 0) is 0 Å². The summed E-state index contributed by atoms with van der Waals surface area (Å²) in [7, 11) is 1.43. The number of hydrogen-bond acceptors (Lipinski definition) is 2. The molecule has 1 unspecified atom stereocenters. The molecule has 1 fully saturated rings. The number of carbonyl (C=O) groups excluding carboxylic acids is 1. The number of carbonyl (C=O) groups is 1. The second-order valence-corrected chi connectivity index (χ2v) is 5.05. The Labute approximate surface area is 120 Å². The van der Waals surface area contributed by atoms with Crippen LogP contribution in [0.5, 0.6) is 5.75 Å². The second-order valence-electron chi connectivity index (χ2n) is 5.05. The summed E-state index contributed by atoms with van der Waals surface area (Å²) >= 11 is 0. The van der Waals surface area contributed by atoms with Crippen LogP contribution in [0.4, 0.5) is 18.0 Å². The van der Waals surface area contributed by atoms with Gasteiger partial charge in [0.2, 0.25) is 0 Å². The largest absolute Gasteiger partial charge is 0.497 e. The van der Waals surface area contributed by atoms with Crippen molar-refractivity contribution in [3.63, 3.8) is 0 Å². The molecular weight excluding hydrogens is 285 g/mol. The number of benzene rings is 1. The van der Waals surface area contributed by atoms with Crippen LogP contribution in [0.25, 0.3) is 0 Å². The maximum Gasteiger partial charge on any atom is 0.412 e. The first-order valence-corrected chi connectivity index (χ1v) is 6.65. The Hall–Kier alpha value is -1.92. The fourth-order valence-corrected chi connectivity index (χ4v) is 1.89. The van der Waals surface area contributed by atoms with Crippen molar-refractivity contribution in [2.24, 2.45) is 5.92 Å². The summed E-state index contributed by atoms with van der Waals surface area (Å²) in [6.07, 6.45) is -2.53. The fraction of sp³-hybridized carbons (Fsp3) is 0.500. The normalized spacial score (nSPS) is 16.2. The summed E-state index contributed by atoms with van der Waals surface area (Å²) in [5, 5.41) is 4.44. The third-order valence-electron chi connectivity index (χ3n) is 3.30. The van der Waals surface area contributed by atoms with Crippen LogP contribution in [0.2, 0.25) is 0 Å². The van der Waals surface area contributed by atoms with Gasteiger partial charge < -0.3 is 15.4 Å². The molecule has 1 aliphatic carbocycles. The minimum atomic E-state index is -4.56. The lowest BCUT2D eigenvalue weighted by Gasteiger charge is -2.22. The Morgan fingerprint density at radius 2 is 1.95 bits per heavy atom. The molecular formula is C14H17F3N2O2. The van der Waals surface area contributed by atoms with Gasteiger partial charge in [0.05, 0.1) is 7.11 Å². The molecule has 0 bridgehead atoms. The van der Waals surface area contributed by atoms with Gasteiger partial charge in [0.25, 0.3) is 0 Å². The van der Waals surface area contributed by atoms with Gasteiger partial charge in [-0.05, 0) is 36.5 Å². The van der Waals surface area contributed by atoms with Crippen molar-refractivity contribution in [2.75, 3.05) is 13.7 Å². The van der Waals surface area contributed by atoms with Gasteiger partial charge in [-0.25, -0.2) is 4.79 Å². The van der Waals surface area contributed by atoms with E-state index in [2.05, 4.69) is 5.32 Å². The third-order valence-corrected chi connectivity index (χ3v) is 3.30. The maximum atomic E-state index is 13.1. The van der Waals surface area contributed by atoms with E-state index in [9.17, 15) is 18.0 Å². The Bertz CT molecular complexity index is 484. The summed E-state index contributed by atoms with van der Waals surface area (Å²) in [4.78, 5) is 11.6. The van der Waals surface area contributed by atoms with Crippen LogP contribution in [-0.4, -0.2) is 25.9 Å². The highest BCUT2D eigenvalue weighted by molar-refractivity contribution is 5.74. The number of alkyl halides is 3. The SMILES string of the molecule is COc1ccc(C(NC(=O)NCC2CC2)C(F)(F)F)cc1. The van der Waals surface area contributed by atoms with Crippen molar-refractivity contribution >= 4 is 6.03 Å². The number of ether oxygens (including phenoxy) is 1. The molecule has 0 aliphatic heterocycles. The predicted molar refractivity (Wildman–Crippen MR) is 71.0 cm³/mol.